The van der Waals surface area contributed by atoms with E-state index in [9.17, 15) is 0 Å². The number of fused-ring (bicyclic) bond motifs is 3. The van der Waals surface area contributed by atoms with Crippen molar-refractivity contribution in [1.29, 1.82) is 0 Å². The Hall–Kier alpha value is -2.00. The third-order valence-corrected chi connectivity index (χ3v) is 2.47. The van der Waals surface area contributed by atoms with E-state index in [4.69, 9.17) is 0 Å². The molecule has 3 rings (SSSR count). The van der Waals surface area contributed by atoms with Crippen molar-refractivity contribution in [3.8, 4) is 0 Å². The Kier molecular flexibility index (Phi) is 1.46. The maximum atomic E-state index is 3.26. The van der Waals surface area contributed by atoms with Crippen LogP contribution in [0.15, 0.2) is 36.4 Å². The van der Waals surface area contributed by atoms with E-state index >= 15 is 0 Å². The van der Waals surface area contributed by atoms with Crippen molar-refractivity contribution < 1.29 is 0 Å². The van der Waals surface area contributed by atoms with Gasteiger partial charge >= 0.3 is 0 Å². The Balaban J connectivity index is 2.65. The lowest BCUT2D eigenvalue weighted by Crippen LogP contribution is -2.29. The fourth-order valence-electron chi connectivity index (χ4n) is 1.79. The summed E-state index contributed by atoms with van der Waals surface area (Å²) in [4.78, 5) is 0. The summed E-state index contributed by atoms with van der Waals surface area (Å²) in [7, 11) is 0. The first-order valence-electron chi connectivity index (χ1n) is 4.65. The molecule has 1 aromatic carbocycles. The van der Waals surface area contributed by atoms with Gasteiger partial charge in [-0.15, -0.1) is 11.5 Å². The molecule has 0 spiro atoms. The molecule has 0 heterocycles. The van der Waals surface area contributed by atoms with Crippen molar-refractivity contribution in [2.75, 3.05) is 0 Å². The van der Waals surface area contributed by atoms with Crippen LogP contribution in [0.3, 0.4) is 0 Å². The number of allylic oxidation sites excluding steroid dienone is 4. The van der Waals surface area contributed by atoms with Crippen LogP contribution >= 0.6 is 0 Å². The molecule has 2 aliphatic rings. The average molecular weight is 176 g/mol. The van der Waals surface area contributed by atoms with Crippen LogP contribution in [-0.4, -0.2) is 0 Å². The van der Waals surface area contributed by atoms with Gasteiger partial charge in [-0.25, -0.2) is 0 Å². The number of hydrogen-bond acceptors (Lipinski definition) is 0. The summed E-state index contributed by atoms with van der Waals surface area (Å²) in [5, 5.41) is 2.32. The summed E-state index contributed by atoms with van der Waals surface area (Å²) in [6, 6.07) is 4.25. The van der Waals surface area contributed by atoms with Crippen LogP contribution in [0.2, 0.25) is 0 Å². The minimum Gasteiger partial charge on any atom is -0.111 e. The maximum absolute atomic E-state index is 3.26. The minimum atomic E-state index is 1.16. The van der Waals surface area contributed by atoms with Crippen molar-refractivity contribution in [2.45, 2.75) is 0 Å². The Morgan fingerprint density at radius 1 is 0.714 bits per heavy atom. The van der Waals surface area contributed by atoms with Crippen LogP contribution in [0, 0.1) is 0 Å². The van der Waals surface area contributed by atoms with Gasteiger partial charge in [0.1, 0.15) is 0 Å². The molecule has 0 saturated heterocycles. The van der Waals surface area contributed by atoms with Crippen LogP contribution in [0.5, 0.6) is 0 Å². The molecule has 0 nitrogen and oxygen atoms in total. The number of hydrogen-bond donors (Lipinski definition) is 0. The first-order valence-corrected chi connectivity index (χ1v) is 4.65. The van der Waals surface area contributed by atoms with Crippen LogP contribution in [0.4, 0.5) is 0 Å². The second-order valence-electron chi connectivity index (χ2n) is 3.33. The fourth-order valence-corrected chi connectivity index (χ4v) is 1.79. The Bertz CT molecular complexity index is 583. The van der Waals surface area contributed by atoms with Crippen molar-refractivity contribution in [3.63, 3.8) is 0 Å². The highest BCUT2D eigenvalue weighted by molar-refractivity contribution is 5.65. The smallest absolute Gasteiger partial charge is 0.0393 e. The first kappa shape index (κ1) is 7.41. The second kappa shape index (κ2) is 2.75. The molecular weight excluding hydrogens is 168 g/mol. The van der Waals surface area contributed by atoms with E-state index in [0.29, 0.717) is 0 Å². The molecule has 0 unspecified atom stereocenters. The van der Waals surface area contributed by atoms with Crippen LogP contribution in [0.1, 0.15) is 11.1 Å². The van der Waals surface area contributed by atoms with E-state index in [2.05, 4.69) is 35.7 Å². The molecule has 0 aliphatic heterocycles. The lowest BCUT2D eigenvalue weighted by molar-refractivity contribution is 1.45. The quantitative estimate of drug-likeness (QED) is 0.563. The molecule has 0 amide bonds. The summed E-state index contributed by atoms with van der Waals surface area (Å²) in [5.74, 6) is 0. The third kappa shape index (κ3) is 0.963. The normalized spacial score (nSPS) is 14.3. The predicted octanol–water partition coefficient (Wildman–Crippen LogP) is 1.61. The van der Waals surface area contributed by atoms with Gasteiger partial charge in [-0.05, 0) is 23.3 Å². The molecule has 0 heteroatoms. The zero-order chi connectivity index (χ0) is 9.38. The highest BCUT2D eigenvalue weighted by atomic mass is 14.0. The van der Waals surface area contributed by atoms with Crippen molar-refractivity contribution in [3.05, 3.63) is 58.0 Å². The minimum absolute atomic E-state index is 1.16. The fraction of sp³-hybridized carbons (Fsp3) is 0. The van der Waals surface area contributed by atoms with Gasteiger partial charge < -0.3 is 0 Å². The highest BCUT2D eigenvalue weighted by Gasteiger charge is 2.00. The lowest BCUT2D eigenvalue weighted by Gasteiger charge is -2.02. The summed E-state index contributed by atoms with van der Waals surface area (Å²) in [6.45, 7) is 0. The van der Waals surface area contributed by atoms with E-state index in [1.54, 1.807) is 0 Å². The van der Waals surface area contributed by atoms with Crippen LogP contribution < -0.4 is 10.4 Å². The predicted molar refractivity (Wildman–Crippen MR) is 59.7 cm³/mol. The summed E-state index contributed by atoms with van der Waals surface area (Å²) < 4.78 is 0. The molecular formula is C14H8. The second-order valence-corrected chi connectivity index (χ2v) is 3.33. The standard InChI is InChI=1S/C14H8/c1-3-7-13-11(5-1)9-10-12-6-2-4-8-14(12)13/h1-6,9-10H. The molecule has 0 radical (unpaired) electrons. The maximum Gasteiger partial charge on any atom is 0.0393 e. The molecule has 1 aromatic rings. The van der Waals surface area contributed by atoms with E-state index < -0.39 is 0 Å². The SMILES string of the molecule is C1=CC=Cc2ccc3c(c2=1)=C=CC=C3. The van der Waals surface area contributed by atoms with E-state index in [0.717, 1.165) is 10.4 Å². The molecule has 2 aliphatic carbocycles. The number of benzene rings is 1. The van der Waals surface area contributed by atoms with E-state index in [1.165, 1.54) is 11.1 Å². The van der Waals surface area contributed by atoms with Gasteiger partial charge in [0, 0.05) is 10.4 Å². The number of rotatable bonds is 0. The van der Waals surface area contributed by atoms with Gasteiger partial charge in [-0.2, -0.15) is 0 Å². The van der Waals surface area contributed by atoms with Gasteiger partial charge in [0.15, 0.2) is 0 Å². The van der Waals surface area contributed by atoms with Gasteiger partial charge in [0.25, 0.3) is 0 Å². The molecule has 14 heavy (non-hydrogen) atoms. The molecule has 0 bridgehead atoms. The molecule has 0 fully saturated rings. The summed E-state index contributed by atoms with van der Waals surface area (Å²) >= 11 is 0. The van der Waals surface area contributed by atoms with E-state index in [1.807, 2.05) is 24.3 Å². The van der Waals surface area contributed by atoms with Gasteiger partial charge in [-0.3, -0.25) is 0 Å². The molecule has 0 N–H and O–H groups in total. The van der Waals surface area contributed by atoms with Crippen LogP contribution in [-0.2, 0) is 0 Å². The molecule has 0 aromatic heterocycles. The van der Waals surface area contributed by atoms with E-state index in [-0.39, 0.29) is 0 Å². The van der Waals surface area contributed by atoms with Gasteiger partial charge in [0.05, 0.1) is 0 Å². The Morgan fingerprint density at radius 3 is 1.71 bits per heavy atom. The van der Waals surface area contributed by atoms with Crippen molar-refractivity contribution >= 4 is 23.6 Å². The molecule has 64 valence electrons. The molecule has 0 saturated carbocycles. The van der Waals surface area contributed by atoms with Crippen molar-refractivity contribution in [2.24, 2.45) is 0 Å². The topological polar surface area (TPSA) is 0 Å². The average Bonchev–Trinajstić information content (AvgIpc) is 2.29. The molecule has 0 atom stereocenters. The third-order valence-electron chi connectivity index (χ3n) is 2.47. The van der Waals surface area contributed by atoms with Crippen LogP contribution in [0.25, 0.3) is 23.6 Å². The highest BCUT2D eigenvalue weighted by Crippen LogP contribution is 2.02. The van der Waals surface area contributed by atoms with Gasteiger partial charge in [-0.1, -0.05) is 36.4 Å². The first-order chi connectivity index (χ1) is 6.95. The largest absolute Gasteiger partial charge is 0.111 e. The monoisotopic (exact) mass is 176 g/mol. The van der Waals surface area contributed by atoms with Gasteiger partial charge in [0.2, 0.25) is 0 Å². The summed E-state index contributed by atoms with van der Waals surface area (Å²) in [6.07, 6.45) is 12.1. The zero-order valence-corrected chi connectivity index (χ0v) is 7.62. The Morgan fingerprint density at radius 2 is 1.21 bits per heavy atom. The van der Waals surface area contributed by atoms with Crippen molar-refractivity contribution in [1.82, 2.24) is 0 Å². The Labute approximate surface area is 82.2 Å². The zero-order valence-electron chi connectivity index (χ0n) is 7.62. The lowest BCUT2D eigenvalue weighted by atomic mass is 10.0. The summed E-state index contributed by atoms with van der Waals surface area (Å²) in [5.41, 5.74) is 8.97.